The summed E-state index contributed by atoms with van der Waals surface area (Å²) in [7, 11) is 1.90. The third kappa shape index (κ3) is 3.82. The third-order valence-electron chi connectivity index (χ3n) is 6.88. The van der Waals surface area contributed by atoms with Gasteiger partial charge in [-0.25, -0.2) is 9.50 Å². The molecule has 5 aromatic rings. The van der Waals surface area contributed by atoms with Gasteiger partial charge in [0.05, 0.1) is 6.20 Å². The van der Waals surface area contributed by atoms with E-state index in [4.69, 9.17) is 4.98 Å². The lowest BCUT2D eigenvalue weighted by atomic mass is 9.96. The summed E-state index contributed by atoms with van der Waals surface area (Å²) >= 11 is 0. The molecule has 0 unspecified atom stereocenters. The first-order valence-corrected chi connectivity index (χ1v) is 12.0. The number of benzene rings is 3. The molecule has 35 heavy (non-hydrogen) atoms. The van der Waals surface area contributed by atoms with Crippen LogP contribution in [0.4, 0.5) is 5.69 Å². The molecule has 174 valence electrons. The largest absolute Gasteiger partial charge is 0.388 e. The van der Waals surface area contributed by atoms with Crippen molar-refractivity contribution in [2.45, 2.75) is 0 Å². The highest BCUT2D eigenvalue weighted by molar-refractivity contribution is 6.03. The maximum atomic E-state index is 4.84. The van der Waals surface area contributed by atoms with Gasteiger partial charge >= 0.3 is 0 Å². The van der Waals surface area contributed by atoms with Crippen molar-refractivity contribution in [3.63, 3.8) is 0 Å². The number of piperazine rings is 1. The number of hydrogen-bond acceptors (Lipinski definition) is 5. The maximum Gasteiger partial charge on any atom is 0.162 e. The van der Waals surface area contributed by atoms with E-state index in [0.29, 0.717) is 0 Å². The molecular weight excluding hydrogens is 432 g/mol. The predicted molar refractivity (Wildman–Crippen MR) is 145 cm³/mol. The van der Waals surface area contributed by atoms with Gasteiger partial charge in [0.1, 0.15) is 0 Å². The van der Waals surface area contributed by atoms with Crippen molar-refractivity contribution in [3.05, 3.63) is 91.4 Å². The molecule has 3 aromatic carbocycles. The molecule has 6 rings (SSSR count). The van der Waals surface area contributed by atoms with E-state index in [9.17, 15) is 0 Å². The zero-order chi connectivity index (χ0) is 23.8. The number of nitrogens with one attached hydrogen (secondary N) is 2. The number of anilines is 1. The highest BCUT2D eigenvalue weighted by Gasteiger charge is 2.14. The van der Waals surface area contributed by atoms with Crippen molar-refractivity contribution < 1.29 is 0 Å². The molecule has 0 radical (unpaired) electrons. The highest BCUT2D eigenvalue weighted by Crippen LogP contribution is 2.34. The van der Waals surface area contributed by atoms with Crippen LogP contribution < -0.4 is 15.5 Å². The molecule has 6 nitrogen and oxygen atoms in total. The quantitative estimate of drug-likeness (QED) is 0.394. The van der Waals surface area contributed by atoms with Crippen molar-refractivity contribution >= 4 is 27.8 Å². The van der Waals surface area contributed by atoms with Gasteiger partial charge in [-0.2, -0.15) is 5.10 Å². The van der Waals surface area contributed by atoms with Crippen LogP contribution in [-0.4, -0.2) is 47.8 Å². The molecule has 2 N–H and O–H groups in total. The van der Waals surface area contributed by atoms with Crippen LogP contribution in [0.25, 0.3) is 44.4 Å². The van der Waals surface area contributed by atoms with E-state index in [1.807, 2.05) is 24.0 Å². The number of hydrogen-bond donors (Lipinski definition) is 2. The molecule has 6 heteroatoms. The molecule has 0 bridgehead atoms. The van der Waals surface area contributed by atoms with Crippen molar-refractivity contribution in [1.29, 1.82) is 0 Å². The van der Waals surface area contributed by atoms with Gasteiger partial charge in [0, 0.05) is 73.7 Å². The molecule has 0 saturated carbocycles. The lowest BCUT2D eigenvalue weighted by Gasteiger charge is -2.29. The molecule has 1 fully saturated rings. The Labute approximate surface area is 204 Å². The summed E-state index contributed by atoms with van der Waals surface area (Å²) in [6, 6.07) is 21.4. The average molecular weight is 461 g/mol. The van der Waals surface area contributed by atoms with Crippen molar-refractivity contribution in [1.82, 2.24) is 25.2 Å². The molecule has 3 heterocycles. The van der Waals surface area contributed by atoms with Crippen LogP contribution in [0.3, 0.4) is 0 Å². The molecule has 1 aliphatic rings. The van der Waals surface area contributed by atoms with Crippen LogP contribution in [0.1, 0.15) is 5.56 Å². The number of rotatable bonds is 5. The van der Waals surface area contributed by atoms with E-state index in [1.54, 1.807) is 0 Å². The minimum absolute atomic E-state index is 0.844. The lowest BCUT2D eigenvalue weighted by molar-refractivity contribution is 0.589. The summed E-state index contributed by atoms with van der Waals surface area (Å²) in [4.78, 5) is 7.26. The molecule has 0 spiro atoms. The fourth-order valence-electron chi connectivity index (χ4n) is 4.94. The summed E-state index contributed by atoms with van der Waals surface area (Å²) in [6.07, 6.45) is 5.92. The Morgan fingerprint density at radius 1 is 0.886 bits per heavy atom. The summed E-state index contributed by atoms with van der Waals surface area (Å²) < 4.78 is 1.88. The second-order valence-electron chi connectivity index (χ2n) is 8.89. The summed E-state index contributed by atoms with van der Waals surface area (Å²) in [6.45, 7) is 8.32. The van der Waals surface area contributed by atoms with Gasteiger partial charge in [-0.05, 0) is 34.0 Å². The van der Waals surface area contributed by atoms with Crippen molar-refractivity contribution in [2.24, 2.45) is 0 Å². The minimum Gasteiger partial charge on any atom is -0.388 e. The Bertz CT molecular complexity index is 1530. The highest BCUT2D eigenvalue weighted by atomic mass is 15.2. The normalized spacial score (nSPS) is 13.9. The number of aromatic nitrogens is 3. The Hall–Kier alpha value is -4.16. The van der Waals surface area contributed by atoms with Gasteiger partial charge in [-0.1, -0.05) is 55.1 Å². The van der Waals surface area contributed by atoms with Crippen LogP contribution in [-0.2, 0) is 0 Å². The number of fused-ring (bicyclic) bond motifs is 2. The lowest BCUT2D eigenvalue weighted by Crippen LogP contribution is -2.43. The van der Waals surface area contributed by atoms with Gasteiger partial charge in [0.15, 0.2) is 5.65 Å². The SMILES string of the molecule is C=C(NC)c1cccc2c(-c3cnn4cc(-c5ccc(N6CCNCC6)cc5)cnc34)cccc12. The van der Waals surface area contributed by atoms with Crippen LogP contribution in [0.5, 0.6) is 0 Å². The average Bonchev–Trinajstić information content (AvgIpc) is 3.35. The monoisotopic (exact) mass is 460 g/mol. The van der Waals surface area contributed by atoms with Crippen molar-refractivity contribution in [3.8, 4) is 22.3 Å². The molecule has 0 atom stereocenters. The molecule has 1 aliphatic heterocycles. The molecular formula is C29H28N6. The summed E-state index contributed by atoms with van der Waals surface area (Å²) in [5, 5.41) is 13.6. The fourth-order valence-corrected chi connectivity index (χ4v) is 4.94. The van der Waals surface area contributed by atoms with E-state index in [0.717, 1.165) is 76.1 Å². The molecule has 0 amide bonds. The Balaban J connectivity index is 1.36. The van der Waals surface area contributed by atoms with Gasteiger partial charge in [-0.3, -0.25) is 0 Å². The van der Waals surface area contributed by atoms with E-state index >= 15 is 0 Å². The van der Waals surface area contributed by atoms with Gasteiger partial charge < -0.3 is 15.5 Å². The van der Waals surface area contributed by atoms with Gasteiger partial charge in [0.25, 0.3) is 0 Å². The molecule has 0 aliphatic carbocycles. The first-order valence-electron chi connectivity index (χ1n) is 12.0. The second-order valence-corrected chi connectivity index (χ2v) is 8.89. The zero-order valence-corrected chi connectivity index (χ0v) is 19.8. The molecule has 1 saturated heterocycles. The van der Waals surface area contributed by atoms with E-state index in [2.05, 4.69) is 94.1 Å². The van der Waals surface area contributed by atoms with Crippen LogP contribution in [0.2, 0.25) is 0 Å². The minimum atomic E-state index is 0.844. The zero-order valence-electron chi connectivity index (χ0n) is 19.8. The third-order valence-corrected chi connectivity index (χ3v) is 6.88. The first kappa shape index (κ1) is 21.4. The fraction of sp³-hybridized carbons (Fsp3) is 0.172. The standard InChI is InChI=1S/C29H28N6/c1-20(30-2)24-5-3-7-26-25(24)6-4-8-27(26)28-18-33-35-19-22(17-32-29(28)35)21-9-11-23(12-10-21)34-15-13-31-14-16-34/h3-12,17-19,30-31H,1,13-16H2,2H3. The summed E-state index contributed by atoms with van der Waals surface area (Å²) in [5.74, 6) is 0. The van der Waals surface area contributed by atoms with Gasteiger partial charge in [0.2, 0.25) is 0 Å². The smallest absolute Gasteiger partial charge is 0.162 e. The second kappa shape index (κ2) is 8.89. The Kier molecular flexibility index (Phi) is 5.43. The van der Waals surface area contributed by atoms with E-state index < -0.39 is 0 Å². The van der Waals surface area contributed by atoms with Crippen LogP contribution >= 0.6 is 0 Å². The first-order chi connectivity index (χ1) is 17.2. The van der Waals surface area contributed by atoms with Crippen LogP contribution in [0.15, 0.2) is 85.8 Å². The number of nitrogens with zero attached hydrogens (tertiary/aromatic N) is 4. The topological polar surface area (TPSA) is 57.5 Å². The Morgan fingerprint density at radius 3 is 2.46 bits per heavy atom. The van der Waals surface area contributed by atoms with E-state index in [1.165, 1.54) is 5.69 Å². The van der Waals surface area contributed by atoms with Crippen LogP contribution in [0, 0.1) is 0 Å². The maximum absolute atomic E-state index is 4.84. The van der Waals surface area contributed by atoms with E-state index in [-0.39, 0.29) is 0 Å². The van der Waals surface area contributed by atoms with Gasteiger partial charge in [-0.15, -0.1) is 0 Å². The Morgan fingerprint density at radius 2 is 1.66 bits per heavy atom. The summed E-state index contributed by atoms with van der Waals surface area (Å²) in [5.41, 5.74) is 8.42. The predicted octanol–water partition coefficient (Wildman–Crippen LogP) is 4.82. The molecule has 2 aromatic heterocycles. The van der Waals surface area contributed by atoms with Crippen molar-refractivity contribution in [2.75, 3.05) is 38.1 Å².